The first kappa shape index (κ1) is 15.4. The molecule has 21 heavy (non-hydrogen) atoms. The number of sulfone groups is 1. The highest BCUT2D eigenvalue weighted by atomic mass is 32.2. The summed E-state index contributed by atoms with van der Waals surface area (Å²) < 4.78 is 35.1. The van der Waals surface area contributed by atoms with Crippen molar-refractivity contribution >= 4 is 9.84 Å². The summed E-state index contributed by atoms with van der Waals surface area (Å²) in [5.74, 6) is 1.05. The molecule has 0 spiro atoms. The van der Waals surface area contributed by atoms with Crippen molar-refractivity contribution in [2.75, 3.05) is 20.0 Å². The Morgan fingerprint density at radius 1 is 0.905 bits per heavy atom. The van der Waals surface area contributed by atoms with Crippen LogP contribution in [0.1, 0.15) is 6.92 Å². The Labute approximate surface area is 125 Å². The first-order valence-corrected chi connectivity index (χ1v) is 8.23. The third-order valence-electron chi connectivity index (χ3n) is 3.30. The summed E-state index contributed by atoms with van der Waals surface area (Å²) >= 11 is 0. The summed E-state index contributed by atoms with van der Waals surface area (Å²) in [5.41, 5.74) is 1.49. The second-order valence-corrected chi connectivity index (χ2v) is 6.69. The van der Waals surface area contributed by atoms with Gasteiger partial charge in [0, 0.05) is 11.1 Å². The monoisotopic (exact) mass is 306 g/mol. The van der Waals surface area contributed by atoms with Crippen LogP contribution in [0.4, 0.5) is 0 Å². The van der Waals surface area contributed by atoms with Gasteiger partial charge in [-0.2, -0.15) is 0 Å². The Bertz CT molecular complexity index is 736. The van der Waals surface area contributed by atoms with Crippen molar-refractivity contribution in [3.63, 3.8) is 0 Å². The van der Waals surface area contributed by atoms with E-state index in [0.29, 0.717) is 17.1 Å². The molecule has 4 nitrogen and oxygen atoms in total. The number of methoxy groups -OCH3 is 2. The van der Waals surface area contributed by atoms with Crippen LogP contribution in [0.3, 0.4) is 0 Å². The Kier molecular flexibility index (Phi) is 4.53. The van der Waals surface area contributed by atoms with E-state index in [-0.39, 0.29) is 10.6 Å². The van der Waals surface area contributed by atoms with Gasteiger partial charge in [0.05, 0.1) is 20.0 Å². The van der Waals surface area contributed by atoms with Gasteiger partial charge >= 0.3 is 0 Å². The molecule has 0 aliphatic rings. The third kappa shape index (κ3) is 2.88. The maximum absolute atomic E-state index is 12.2. The maximum Gasteiger partial charge on any atom is 0.181 e. The van der Waals surface area contributed by atoms with Gasteiger partial charge in [-0.25, -0.2) is 8.42 Å². The second kappa shape index (κ2) is 6.18. The normalized spacial score (nSPS) is 11.2. The molecule has 0 aliphatic carbocycles. The molecule has 0 amide bonds. The number of rotatable bonds is 5. The predicted octanol–water partition coefficient (Wildman–Crippen LogP) is 3.16. The molecule has 0 radical (unpaired) electrons. The molecule has 0 N–H and O–H groups in total. The van der Waals surface area contributed by atoms with Gasteiger partial charge in [-0.15, -0.1) is 0 Å². The maximum atomic E-state index is 12.2. The molecule has 0 atom stereocenters. The molecular formula is C16H18O4S. The SMILES string of the molecule is CCS(=O)(=O)c1cccc(-c2ccccc2OC)c1OC. The van der Waals surface area contributed by atoms with Gasteiger partial charge in [0.25, 0.3) is 0 Å². The number of hydrogen-bond donors (Lipinski definition) is 0. The zero-order valence-corrected chi connectivity index (χ0v) is 13.1. The highest BCUT2D eigenvalue weighted by molar-refractivity contribution is 7.91. The summed E-state index contributed by atoms with van der Waals surface area (Å²) in [4.78, 5) is 0.205. The molecule has 0 aromatic heterocycles. The molecular weight excluding hydrogens is 288 g/mol. The minimum absolute atomic E-state index is 0.0265. The fourth-order valence-electron chi connectivity index (χ4n) is 2.21. The van der Waals surface area contributed by atoms with E-state index in [4.69, 9.17) is 9.47 Å². The van der Waals surface area contributed by atoms with Crippen molar-refractivity contribution < 1.29 is 17.9 Å². The largest absolute Gasteiger partial charge is 0.496 e. The van der Waals surface area contributed by atoms with Crippen LogP contribution in [0.25, 0.3) is 11.1 Å². The second-order valence-electron chi connectivity index (χ2n) is 4.44. The van der Waals surface area contributed by atoms with E-state index in [1.165, 1.54) is 7.11 Å². The fourth-order valence-corrected chi connectivity index (χ4v) is 3.28. The summed E-state index contributed by atoms with van der Waals surface area (Å²) in [6, 6.07) is 12.5. The zero-order chi connectivity index (χ0) is 15.5. The Morgan fingerprint density at radius 3 is 2.19 bits per heavy atom. The van der Waals surface area contributed by atoms with Crippen molar-refractivity contribution in [3.05, 3.63) is 42.5 Å². The molecule has 0 saturated carbocycles. The molecule has 2 rings (SSSR count). The predicted molar refractivity (Wildman–Crippen MR) is 82.7 cm³/mol. The van der Waals surface area contributed by atoms with Crippen molar-refractivity contribution in [2.24, 2.45) is 0 Å². The molecule has 0 fully saturated rings. The molecule has 0 heterocycles. The average Bonchev–Trinajstić information content (AvgIpc) is 2.53. The van der Waals surface area contributed by atoms with Crippen LogP contribution < -0.4 is 9.47 Å². The first-order chi connectivity index (χ1) is 10.0. The van der Waals surface area contributed by atoms with E-state index in [2.05, 4.69) is 0 Å². The number of hydrogen-bond acceptors (Lipinski definition) is 4. The lowest BCUT2D eigenvalue weighted by molar-refractivity contribution is 0.402. The van der Waals surface area contributed by atoms with Gasteiger partial charge in [0.1, 0.15) is 16.4 Å². The Hall–Kier alpha value is -2.01. The summed E-state index contributed by atoms with van der Waals surface area (Å²) in [6.07, 6.45) is 0. The lowest BCUT2D eigenvalue weighted by Crippen LogP contribution is -2.06. The van der Waals surface area contributed by atoms with E-state index >= 15 is 0 Å². The molecule has 0 unspecified atom stereocenters. The van der Waals surface area contributed by atoms with Gasteiger partial charge in [-0.05, 0) is 12.1 Å². The number of benzene rings is 2. The minimum Gasteiger partial charge on any atom is -0.496 e. The van der Waals surface area contributed by atoms with Crippen molar-refractivity contribution in [1.29, 1.82) is 0 Å². The topological polar surface area (TPSA) is 52.6 Å². The molecule has 0 saturated heterocycles. The summed E-state index contributed by atoms with van der Waals surface area (Å²) in [5, 5.41) is 0. The molecule has 0 aliphatic heterocycles. The van der Waals surface area contributed by atoms with Crippen LogP contribution in [-0.4, -0.2) is 28.4 Å². The highest BCUT2D eigenvalue weighted by Gasteiger charge is 2.21. The number of para-hydroxylation sites is 2. The van der Waals surface area contributed by atoms with E-state index in [9.17, 15) is 8.42 Å². The van der Waals surface area contributed by atoms with Crippen LogP contribution in [0, 0.1) is 0 Å². The minimum atomic E-state index is -3.36. The highest BCUT2D eigenvalue weighted by Crippen LogP contribution is 2.39. The Balaban J connectivity index is 2.74. The van der Waals surface area contributed by atoms with Crippen LogP contribution in [0.2, 0.25) is 0 Å². The average molecular weight is 306 g/mol. The smallest absolute Gasteiger partial charge is 0.181 e. The van der Waals surface area contributed by atoms with E-state index in [1.54, 1.807) is 26.2 Å². The van der Waals surface area contributed by atoms with Crippen molar-refractivity contribution in [2.45, 2.75) is 11.8 Å². The lowest BCUT2D eigenvalue weighted by Gasteiger charge is -2.15. The summed E-state index contributed by atoms with van der Waals surface area (Å²) in [6.45, 7) is 1.62. The molecule has 112 valence electrons. The molecule has 5 heteroatoms. The molecule has 0 bridgehead atoms. The van der Waals surface area contributed by atoms with Gasteiger partial charge in [0.15, 0.2) is 9.84 Å². The van der Waals surface area contributed by atoms with Crippen molar-refractivity contribution in [1.82, 2.24) is 0 Å². The first-order valence-electron chi connectivity index (χ1n) is 6.58. The molecule has 2 aromatic rings. The van der Waals surface area contributed by atoms with Gasteiger partial charge in [-0.3, -0.25) is 0 Å². The van der Waals surface area contributed by atoms with Crippen LogP contribution in [0.15, 0.2) is 47.4 Å². The number of ether oxygens (including phenoxy) is 2. The summed E-state index contributed by atoms with van der Waals surface area (Å²) in [7, 11) is -0.300. The van der Waals surface area contributed by atoms with Crippen molar-refractivity contribution in [3.8, 4) is 22.6 Å². The van der Waals surface area contributed by atoms with Gasteiger partial charge < -0.3 is 9.47 Å². The van der Waals surface area contributed by atoms with Crippen LogP contribution in [-0.2, 0) is 9.84 Å². The van der Waals surface area contributed by atoms with Gasteiger partial charge in [-0.1, -0.05) is 37.3 Å². The van der Waals surface area contributed by atoms with E-state index in [1.807, 2.05) is 30.3 Å². The van der Waals surface area contributed by atoms with Crippen LogP contribution >= 0.6 is 0 Å². The van der Waals surface area contributed by atoms with E-state index in [0.717, 1.165) is 5.56 Å². The molecule has 2 aromatic carbocycles. The lowest BCUT2D eigenvalue weighted by atomic mass is 10.0. The van der Waals surface area contributed by atoms with Gasteiger partial charge in [0.2, 0.25) is 0 Å². The Morgan fingerprint density at radius 2 is 1.57 bits per heavy atom. The standard InChI is InChI=1S/C16H18O4S/c1-4-21(17,18)15-11-7-9-13(16(15)20-3)12-8-5-6-10-14(12)19-2/h5-11H,4H2,1-3H3. The van der Waals surface area contributed by atoms with Crippen LogP contribution in [0.5, 0.6) is 11.5 Å². The fraction of sp³-hybridized carbons (Fsp3) is 0.250. The zero-order valence-electron chi connectivity index (χ0n) is 12.3. The quantitative estimate of drug-likeness (QED) is 0.851. The third-order valence-corrected chi connectivity index (χ3v) is 5.05. The van der Waals surface area contributed by atoms with E-state index < -0.39 is 9.84 Å².